The first-order valence-corrected chi connectivity index (χ1v) is 5.44. The number of β-lactam (4-membered cyclic amide) rings is 1. The molecule has 66 valence electrons. The van der Waals surface area contributed by atoms with Gasteiger partial charge in [0.2, 0.25) is 5.91 Å². The molecule has 2 aliphatic heterocycles. The molecule has 2 aliphatic rings. The van der Waals surface area contributed by atoms with E-state index in [1.807, 2.05) is 13.1 Å². The fourth-order valence-electron chi connectivity index (χ4n) is 1.32. The maximum absolute atomic E-state index is 11.1. The summed E-state index contributed by atoms with van der Waals surface area (Å²) < 4.78 is 0. The van der Waals surface area contributed by atoms with Crippen molar-refractivity contribution in [1.29, 1.82) is 0 Å². The Morgan fingerprint density at radius 3 is 3.17 bits per heavy atom. The van der Waals surface area contributed by atoms with E-state index < -0.39 is 0 Å². The van der Waals surface area contributed by atoms with Gasteiger partial charge in [0.05, 0.1) is 17.2 Å². The third kappa shape index (κ3) is 1.25. The van der Waals surface area contributed by atoms with Crippen molar-refractivity contribution in [1.82, 2.24) is 4.90 Å². The second kappa shape index (κ2) is 2.96. The van der Waals surface area contributed by atoms with Crippen molar-refractivity contribution >= 4 is 29.3 Å². The van der Waals surface area contributed by atoms with Crippen LogP contribution in [0.4, 0.5) is 0 Å². The fourth-order valence-corrected chi connectivity index (χ4v) is 2.86. The number of rotatable bonds is 1. The van der Waals surface area contributed by atoms with Gasteiger partial charge < -0.3 is 4.90 Å². The molecule has 2 atom stereocenters. The molecule has 0 spiro atoms. The molecule has 2 nitrogen and oxygen atoms in total. The van der Waals surface area contributed by atoms with E-state index in [0.29, 0.717) is 11.8 Å². The number of hydrogen-bond acceptors (Lipinski definition) is 2. The predicted molar refractivity (Wildman–Crippen MR) is 51.1 cm³/mol. The Labute approximate surface area is 80.9 Å². The molecule has 0 radical (unpaired) electrons. The molecule has 2 heterocycles. The second-order valence-corrected chi connectivity index (χ2v) is 4.91. The number of fused-ring (bicyclic) bond motifs is 1. The topological polar surface area (TPSA) is 20.3 Å². The molecule has 0 N–H and O–H groups in total. The number of hydrogen-bond donors (Lipinski definition) is 0. The third-order valence-electron chi connectivity index (χ3n) is 2.21. The lowest BCUT2D eigenvalue weighted by molar-refractivity contribution is -0.137. The number of nitrogens with zero attached hydrogens (tertiary/aromatic N) is 1. The van der Waals surface area contributed by atoms with Crippen LogP contribution in [0, 0.1) is 0 Å². The average Bonchev–Trinajstić information content (AvgIpc) is 2.02. The predicted octanol–water partition coefficient (Wildman–Crippen LogP) is 1.80. The van der Waals surface area contributed by atoms with Gasteiger partial charge in [-0.25, -0.2) is 0 Å². The molecule has 1 amide bonds. The van der Waals surface area contributed by atoms with Gasteiger partial charge in [-0.3, -0.25) is 4.79 Å². The molecule has 0 aromatic carbocycles. The van der Waals surface area contributed by atoms with Crippen LogP contribution in [0.1, 0.15) is 13.3 Å². The van der Waals surface area contributed by atoms with Crippen molar-refractivity contribution in [3.8, 4) is 0 Å². The zero-order valence-electron chi connectivity index (χ0n) is 6.79. The van der Waals surface area contributed by atoms with E-state index in [0.717, 1.165) is 11.3 Å². The van der Waals surface area contributed by atoms with Crippen LogP contribution in [0.5, 0.6) is 0 Å². The summed E-state index contributed by atoms with van der Waals surface area (Å²) in [5.74, 6) is 1.20. The van der Waals surface area contributed by atoms with Crippen molar-refractivity contribution in [2.24, 2.45) is 0 Å². The van der Waals surface area contributed by atoms with Gasteiger partial charge in [-0.1, -0.05) is 0 Å². The maximum Gasteiger partial charge on any atom is 0.230 e. The highest BCUT2D eigenvalue weighted by Crippen LogP contribution is 2.36. The zero-order chi connectivity index (χ0) is 8.72. The Hall–Kier alpha value is -0.150. The van der Waals surface area contributed by atoms with Crippen LogP contribution < -0.4 is 0 Å². The van der Waals surface area contributed by atoms with Gasteiger partial charge >= 0.3 is 0 Å². The minimum absolute atomic E-state index is 0.0480. The highest BCUT2D eigenvalue weighted by molar-refractivity contribution is 8.00. The quantitative estimate of drug-likeness (QED) is 0.479. The average molecular weight is 204 g/mol. The Bertz CT molecular complexity index is 251. The van der Waals surface area contributed by atoms with Crippen LogP contribution in [-0.2, 0) is 4.79 Å². The monoisotopic (exact) mass is 203 g/mol. The normalized spacial score (nSPS) is 30.5. The first-order chi connectivity index (χ1) is 5.68. The molecular weight excluding hydrogens is 194 g/mol. The molecule has 0 bridgehead atoms. The van der Waals surface area contributed by atoms with Crippen molar-refractivity contribution in [3.63, 3.8) is 0 Å². The minimum atomic E-state index is 0.0480. The zero-order valence-corrected chi connectivity index (χ0v) is 8.36. The lowest BCUT2D eigenvalue weighted by Crippen LogP contribution is -2.49. The number of halogens is 1. The van der Waals surface area contributed by atoms with Crippen LogP contribution in [0.25, 0.3) is 0 Å². The number of thioether (sulfide) groups is 1. The summed E-state index contributed by atoms with van der Waals surface area (Å²) in [5, 5.41) is 0.448. The van der Waals surface area contributed by atoms with Gasteiger partial charge in [0.15, 0.2) is 0 Å². The summed E-state index contributed by atoms with van der Waals surface area (Å²) in [6.07, 6.45) is 2.62. The Morgan fingerprint density at radius 1 is 1.83 bits per heavy atom. The van der Waals surface area contributed by atoms with E-state index in [9.17, 15) is 4.79 Å². The molecule has 1 unspecified atom stereocenters. The highest BCUT2D eigenvalue weighted by Gasteiger charge is 2.38. The van der Waals surface area contributed by atoms with Gasteiger partial charge in [0.1, 0.15) is 0 Å². The largest absolute Gasteiger partial charge is 0.306 e. The highest BCUT2D eigenvalue weighted by atomic mass is 35.5. The summed E-state index contributed by atoms with van der Waals surface area (Å²) in [6.45, 7) is 1.94. The first kappa shape index (κ1) is 8.45. The minimum Gasteiger partial charge on any atom is -0.306 e. The summed E-state index contributed by atoms with van der Waals surface area (Å²) in [4.78, 5) is 12.9. The lowest BCUT2D eigenvalue weighted by atomic mass is 10.1. The first-order valence-electron chi connectivity index (χ1n) is 3.96. The molecule has 1 fully saturated rings. The van der Waals surface area contributed by atoms with Gasteiger partial charge in [-0.15, -0.1) is 23.4 Å². The molecule has 0 aliphatic carbocycles. The van der Waals surface area contributed by atoms with Gasteiger partial charge in [-0.2, -0.15) is 0 Å². The van der Waals surface area contributed by atoms with E-state index in [-0.39, 0.29) is 11.3 Å². The van der Waals surface area contributed by atoms with Gasteiger partial charge in [0, 0.05) is 12.0 Å². The van der Waals surface area contributed by atoms with Gasteiger partial charge in [-0.05, 0) is 12.5 Å². The molecule has 1 saturated heterocycles. The van der Waals surface area contributed by atoms with Crippen molar-refractivity contribution in [2.75, 3.05) is 5.75 Å². The Kier molecular flexibility index (Phi) is 2.09. The summed E-state index contributed by atoms with van der Waals surface area (Å²) in [6, 6.07) is 0. The van der Waals surface area contributed by atoms with E-state index in [1.54, 1.807) is 16.7 Å². The molecule has 0 aromatic rings. The summed E-state index contributed by atoms with van der Waals surface area (Å²) in [5.41, 5.74) is 1.16. The van der Waals surface area contributed by atoms with Crippen molar-refractivity contribution in [3.05, 3.63) is 11.8 Å². The number of amides is 1. The third-order valence-corrected chi connectivity index (χ3v) is 3.76. The SMILES string of the molecule is CC(Cl)C1=CN2C(=O)C[C@H]2SC1. The standard InChI is InChI=1S/C8H10ClNOS/c1-5(9)6-3-10-7(11)2-8(10)12-4-6/h3,5,8H,2,4H2,1H3/t5?,8-/m1/s1. The summed E-state index contributed by atoms with van der Waals surface area (Å²) >= 11 is 7.73. The van der Waals surface area contributed by atoms with E-state index in [2.05, 4.69) is 0 Å². The van der Waals surface area contributed by atoms with E-state index in [4.69, 9.17) is 11.6 Å². The van der Waals surface area contributed by atoms with Crippen LogP contribution >= 0.6 is 23.4 Å². The molecule has 4 heteroatoms. The maximum atomic E-state index is 11.1. The molecule has 12 heavy (non-hydrogen) atoms. The van der Waals surface area contributed by atoms with Crippen molar-refractivity contribution < 1.29 is 4.79 Å². The van der Waals surface area contributed by atoms with Crippen molar-refractivity contribution in [2.45, 2.75) is 24.1 Å². The van der Waals surface area contributed by atoms with Crippen LogP contribution in [0.2, 0.25) is 0 Å². The summed E-state index contributed by atoms with van der Waals surface area (Å²) in [7, 11) is 0. The second-order valence-electron chi connectivity index (χ2n) is 3.09. The van der Waals surface area contributed by atoms with Crippen LogP contribution in [0.3, 0.4) is 0 Å². The van der Waals surface area contributed by atoms with E-state index >= 15 is 0 Å². The van der Waals surface area contributed by atoms with Crippen LogP contribution in [0.15, 0.2) is 11.8 Å². The molecule has 0 saturated carbocycles. The smallest absolute Gasteiger partial charge is 0.230 e. The number of carbonyl (C=O) groups excluding carboxylic acids is 1. The number of carbonyl (C=O) groups is 1. The Morgan fingerprint density at radius 2 is 2.58 bits per heavy atom. The fraction of sp³-hybridized carbons (Fsp3) is 0.625. The Balaban J connectivity index is 2.14. The molecule has 2 rings (SSSR count). The van der Waals surface area contributed by atoms with E-state index in [1.165, 1.54) is 0 Å². The molecule has 0 aromatic heterocycles. The number of alkyl halides is 1. The molecular formula is C8H10ClNOS. The lowest BCUT2D eigenvalue weighted by Gasteiger charge is -2.41. The van der Waals surface area contributed by atoms with Gasteiger partial charge in [0.25, 0.3) is 0 Å². The van der Waals surface area contributed by atoms with Crippen LogP contribution in [-0.4, -0.2) is 27.3 Å².